The molecule has 0 saturated heterocycles. The van der Waals surface area contributed by atoms with Gasteiger partial charge in [-0.05, 0) is 76.3 Å². The second-order valence-corrected chi connectivity index (χ2v) is 8.02. The van der Waals surface area contributed by atoms with E-state index in [4.69, 9.17) is 9.47 Å². The van der Waals surface area contributed by atoms with Gasteiger partial charge in [-0.1, -0.05) is 28.1 Å². The van der Waals surface area contributed by atoms with E-state index < -0.39 is 0 Å². The van der Waals surface area contributed by atoms with Gasteiger partial charge in [-0.3, -0.25) is 4.90 Å². The Morgan fingerprint density at radius 3 is 2.40 bits per heavy atom. The summed E-state index contributed by atoms with van der Waals surface area (Å²) in [4.78, 5) is 2.03. The fourth-order valence-electron chi connectivity index (χ4n) is 2.79. The zero-order chi connectivity index (χ0) is 18.2. The van der Waals surface area contributed by atoms with Crippen LogP contribution in [0.3, 0.4) is 0 Å². The highest BCUT2D eigenvalue weighted by Gasteiger charge is 2.27. The number of hydrogen-bond donors (Lipinski definition) is 0. The third-order valence-corrected chi connectivity index (χ3v) is 4.83. The van der Waals surface area contributed by atoms with Crippen LogP contribution in [0.25, 0.3) is 5.57 Å². The van der Waals surface area contributed by atoms with Crippen LogP contribution in [0.4, 0.5) is 0 Å². The van der Waals surface area contributed by atoms with Crippen molar-refractivity contribution in [1.29, 1.82) is 0 Å². The van der Waals surface area contributed by atoms with Gasteiger partial charge >= 0.3 is 0 Å². The summed E-state index contributed by atoms with van der Waals surface area (Å²) in [7, 11) is 3.99. The van der Waals surface area contributed by atoms with Crippen molar-refractivity contribution in [1.82, 2.24) is 4.90 Å². The normalized spacial score (nSPS) is 16.7. The van der Waals surface area contributed by atoms with E-state index in [9.17, 15) is 0 Å². The minimum absolute atomic E-state index is 0.00358. The monoisotopic (exact) mass is 401 g/mol. The quantitative estimate of drug-likeness (QED) is 0.645. The summed E-state index contributed by atoms with van der Waals surface area (Å²) in [5.74, 6) is 1.67. The Bertz CT molecular complexity index is 794. The van der Waals surface area contributed by atoms with Gasteiger partial charge in [0, 0.05) is 16.1 Å². The summed E-state index contributed by atoms with van der Waals surface area (Å²) in [5, 5.41) is 0. The number of nitrogens with zero attached hydrogens (tertiary/aromatic N) is 1. The van der Waals surface area contributed by atoms with Gasteiger partial charge in [0.25, 0.3) is 0 Å². The lowest BCUT2D eigenvalue weighted by molar-refractivity contribution is 0.0806. The average molecular weight is 402 g/mol. The summed E-state index contributed by atoms with van der Waals surface area (Å²) < 4.78 is 13.3. The summed E-state index contributed by atoms with van der Waals surface area (Å²) in [5.41, 5.74) is 3.08. The van der Waals surface area contributed by atoms with Gasteiger partial charge in [0.15, 0.2) is 0 Å². The zero-order valence-corrected chi connectivity index (χ0v) is 16.9. The number of rotatable bonds is 4. The number of benzene rings is 2. The number of halogens is 1. The Balaban J connectivity index is 2.00. The fourth-order valence-corrected chi connectivity index (χ4v) is 3.06. The Kier molecular flexibility index (Phi) is 4.94. The number of hydrogen-bond acceptors (Lipinski definition) is 3. The van der Waals surface area contributed by atoms with E-state index in [1.807, 2.05) is 38.1 Å². The topological polar surface area (TPSA) is 21.7 Å². The van der Waals surface area contributed by atoms with Crippen LogP contribution in [-0.2, 0) is 0 Å². The molecule has 0 saturated carbocycles. The molecule has 0 aliphatic carbocycles. The molecule has 25 heavy (non-hydrogen) atoms. The molecule has 2 aromatic carbocycles. The standard InChI is InChI=1S/C21H24BrNO2/c1-14(23(4)5)24-17-10-11-18-19(15-6-8-16(22)9-7-15)13-21(2,3)25-20(18)12-17/h6-14H,1-5H3. The lowest BCUT2D eigenvalue weighted by atomic mass is 9.90. The Labute approximate surface area is 158 Å². The molecule has 1 heterocycles. The van der Waals surface area contributed by atoms with Gasteiger partial charge in [-0.25, -0.2) is 0 Å². The van der Waals surface area contributed by atoms with Crippen LogP contribution in [0.1, 0.15) is 31.9 Å². The van der Waals surface area contributed by atoms with Crippen LogP contribution in [0.15, 0.2) is 53.0 Å². The zero-order valence-electron chi connectivity index (χ0n) is 15.3. The molecule has 0 radical (unpaired) electrons. The summed E-state index contributed by atoms with van der Waals surface area (Å²) >= 11 is 3.50. The fraction of sp³-hybridized carbons (Fsp3) is 0.333. The molecular weight excluding hydrogens is 378 g/mol. The van der Waals surface area contributed by atoms with E-state index in [0.717, 1.165) is 21.5 Å². The van der Waals surface area contributed by atoms with Gasteiger partial charge in [0.1, 0.15) is 23.3 Å². The predicted molar refractivity (Wildman–Crippen MR) is 106 cm³/mol. The van der Waals surface area contributed by atoms with E-state index >= 15 is 0 Å². The van der Waals surface area contributed by atoms with Crippen LogP contribution in [0, 0.1) is 0 Å². The highest BCUT2D eigenvalue weighted by atomic mass is 79.9. The number of ether oxygens (including phenoxy) is 2. The van der Waals surface area contributed by atoms with Crippen molar-refractivity contribution in [3.8, 4) is 11.5 Å². The van der Waals surface area contributed by atoms with Crippen molar-refractivity contribution in [3.05, 3.63) is 64.1 Å². The van der Waals surface area contributed by atoms with Gasteiger partial charge in [-0.15, -0.1) is 0 Å². The molecule has 1 aliphatic heterocycles. The molecule has 4 heteroatoms. The SMILES string of the molecule is CC(Oc1ccc2c(c1)OC(C)(C)C=C2c1ccc(Br)cc1)N(C)C. The molecule has 3 nitrogen and oxygen atoms in total. The van der Waals surface area contributed by atoms with Gasteiger partial charge in [0.2, 0.25) is 0 Å². The minimum Gasteiger partial charge on any atom is -0.483 e. The summed E-state index contributed by atoms with van der Waals surface area (Å²) in [6, 6.07) is 14.5. The van der Waals surface area contributed by atoms with E-state index in [-0.39, 0.29) is 11.8 Å². The molecular formula is C21H24BrNO2. The maximum Gasteiger partial charge on any atom is 0.149 e. The van der Waals surface area contributed by atoms with Crippen LogP contribution < -0.4 is 9.47 Å². The largest absolute Gasteiger partial charge is 0.483 e. The van der Waals surface area contributed by atoms with E-state index in [2.05, 4.69) is 66.2 Å². The first-order chi connectivity index (χ1) is 11.7. The summed E-state index contributed by atoms with van der Waals surface area (Å²) in [6.07, 6.45) is 2.18. The van der Waals surface area contributed by atoms with E-state index in [1.54, 1.807) is 0 Å². The highest BCUT2D eigenvalue weighted by molar-refractivity contribution is 9.10. The van der Waals surface area contributed by atoms with Crippen LogP contribution in [-0.4, -0.2) is 30.8 Å². The molecule has 0 bridgehead atoms. The lowest BCUT2D eigenvalue weighted by Gasteiger charge is -2.32. The first-order valence-electron chi connectivity index (χ1n) is 8.40. The van der Waals surface area contributed by atoms with Crippen molar-refractivity contribution in [2.24, 2.45) is 0 Å². The van der Waals surface area contributed by atoms with E-state index in [0.29, 0.717) is 0 Å². The molecule has 0 N–H and O–H groups in total. The Morgan fingerprint density at radius 1 is 1.08 bits per heavy atom. The number of fused-ring (bicyclic) bond motifs is 1. The molecule has 0 spiro atoms. The molecule has 0 fully saturated rings. The summed E-state index contributed by atoms with van der Waals surface area (Å²) in [6.45, 7) is 6.17. The average Bonchev–Trinajstić information content (AvgIpc) is 2.53. The second-order valence-electron chi connectivity index (χ2n) is 7.11. The van der Waals surface area contributed by atoms with Gasteiger partial charge < -0.3 is 9.47 Å². The van der Waals surface area contributed by atoms with E-state index in [1.165, 1.54) is 11.1 Å². The van der Waals surface area contributed by atoms with Gasteiger partial charge in [0.05, 0.1) is 0 Å². The van der Waals surface area contributed by atoms with Crippen LogP contribution in [0.2, 0.25) is 0 Å². The third-order valence-electron chi connectivity index (χ3n) is 4.30. The Hall–Kier alpha value is -1.78. The molecule has 132 valence electrons. The van der Waals surface area contributed by atoms with Gasteiger partial charge in [-0.2, -0.15) is 0 Å². The molecule has 1 unspecified atom stereocenters. The molecule has 2 aromatic rings. The molecule has 0 amide bonds. The molecule has 1 aliphatic rings. The van der Waals surface area contributed by atoms with Crippen molar-refractivity contribution in [2.75, 3.05) is 14.1 Å². The third kappa shape index (κ3) is 4.07. The van der Waals surface area contributed by atoms with Crippen molar-refractivity contribution >= 4 is 21.5 Å². The maximum absolute atomic E-state index is 6.20. The molecule has 0 aromatic heterocycles. The second kappa shape index (κ2) is 6.85. The predicted octanol–water partition coefficient (Wildman–Crippen LogP) is 5.34. The van der Waals surface area contributed by atoms with Crippen molar-refractivity contribution in [3.63, 3.8) is 0 Å². The van der Waals surface area contributed by atoms with Crippen LogP contribution in [0.5, 0.6) is 11.5 Å². The maximum atomic E-state index is 6.20. The first-order valence-corrected chi connectivity index (χ1v) is 9.20. The molecule has 1 atom stereocenters. The van der Waals surface area contributed by atoms with Crippen LogP contribution >= 0.6 is 15.9 Å². The lowest BCUT2D eigenvalue weighted by Crippen LogP contribution is -2.31. The van der Waals surface area contributed by atoms with Crippen molar-refractivity contribution < 1.29 is 9.47 Å². The van der Waals surface area contributed by atoms with Crippen molar-refractivity contribution in [2.45, 2.75) is 32.6 Å². The molecule has 3 rings (SSSR count). The minimum atomic E-state index is -0.374. The first kappa shape index (κ1) is 18.0. The highest BCUT2D eigenvalue weighted by Crippen LogP contribution is 2.41. The Morgan fingerprint density at radius 2 is 1.76 bits per heavy atom. The smallest absolute Gasteiger partial charge is 0.149 e.